The number of anilines is 1. The number of rotatable bonds is 9. The van der Waals surface area contributed by atoms with Crippen LogP contribution < -0.4 is 9.64 Å². The number of carbonyl (C=O) groups excluding carboxylic acids is 1. The van der Waals surface area contributed by atoms with E-state index in [1.54, 1.807) is 35.9 Å². The summed E-state index contributed by atoms with van der Waals surface area (Å²) in [6, 6.07) is 12.0. The van der Waals surface area contributed by atoms with Crippen LogP contribution in [0.4, 0.5) is 5.13 Å². The molecule has 8 heteroatoms. The Morgan fingerprint density at radius 2 is 1.90 bits per heavy atom. The molecule has 0 radical (unpaired) electrons. The van der Waals surface area contributed by atoms with Gasteiger partial charge in [-0.1, -0.05) is 40.6 Å². The van der Waals surface area contributed by atoms with E-state index < -0.39 is 0 Å². The Morgan fingerprint density at radius 3 is 2.57 bits per heavy atom. The molecular weight excluding hydrogens is 438 g/mol. The number of fused-ring (bicyclic) bond motifs is 1. The van der Waals surface area contributed by atoms with Crippen LogP contribution in [0.5, 0.6) is 5.75 Å². The number of thioether (sulfide) groups is 1. The zero-order chi connectivity index (χ0) is 21.7. The van der Waals surface area contributed by atoms with E-state index in [1.807, 2.05) is 14.1 Å². The maximum Gasteiger partial charge on any atom is 0.229 e. The van der Waals surface area contributed by atoms with Crippen molar-refractivity contribution in [2.75, 3.05) is 44.9 Å². The predicted octanol–water partition coefficient (Wildman–Crippen LogP) is 5.34. The molecule has 0 bridgehead atoms. The highest BCUT2D eigenvalue weighted by Crippen LogP contribution is 2.38. The molecular formula is C22H26ClN3O2S2. The first-order valence-corrected chi connectivity index (χ1v) is 11.8. The van der Waals surface area contributed by atoms with Crippen LogP contribution in [0.3, 0.4) is 0 Å². The van der Waals surface area contributed by atoms with E-state index in [4.69, 9.17) is 21.3 Å². The van der Waals surface area contributed by atoms with Crippen molar-refractivity contribution in [3.63, 3.8) is 0 Å². The monoisotopic (exact) mass is 463 g/mol. The van der Waals surface area contributed by atoms with Gasteiger partial charge in [-0.15, -0.1) is 11.8 Å². The van der Waals surface area contributed by atoms with Gasteiger partial charge in [0.25, 0.3) is 0 Å². The van der Waals surface area contributed by atoms with Crippen LogP contribution in [-0.2, 0) is 4.79 Å². The van der Waals surface area contributed by atoms with E-state index in [2.05, 4.69) is 36.1 Å². The van der Waals surface area contributed by atoms with Crippen molar-refractivity contribution in [1.82, 2.24) is 9.88 Å². The lowest BCUT2D eigenvalue weighted by atomic mass is 10.2. The predicted molar refractivity (Wildman–Crippen MR) is 129 cm³/mol. The average Bonchev–Trinajstić information content (AvgIpc) is 3.16. The second-order valence-electron chi connectivity index (χ2n) is 7.18. The topological polar surface area (TPSA) is 45.7 Å². The number of carbonyl (C=O) groups is 1. The molecule has 3 rings (SSSR count). The van der Waals surface area contributed by atoms with Gasteiger partial charge in [-0.25, -0.2) is 4.98 Å². The summed E-state index contributed by atoms with van der Waals surface area (Å²) in [5, 5.41) is 1.27. The molecule has 0 aliphatic rings. The first kappa shape index (κ1) is 22.9. The van der Waals surface area contributed by atoms with Gasteiger partial charge in [0.15, 0.2) is 5.13 Å². The number of ether oxygens (including phenoxy) is 1. The van der Waals surface area contributed by atoms with Crippen LogP contribution in [0, 0.1) is 6.92 Å². The lowest BCUT2D eigenvalue weighted by Gasteiger charge is -2.22. The van der Waals surface area contributed by atoms with Crippen molar-refractivity contribution < 1.29 is 9.53 Å². The molecule has 3 aromatic rings. The van der Waals surface area contributed by atoms with E-state index in [1.165, 1.54) is 21.8 Å². The quantitative estimate of drug-likeness (QED) is 0.400. The molecule has 0 aliphatic carbocycles. The van der Waals surface area contributed by atoms with Crippen molar-refractivity contribution in [3.05, 3.63) is 47.0 Å². The van der Waals surface area contributed by atoms with Crippen LogP contribution in [0.25, 0.3) is 10.2 Å². The molecule has 1 amide bonds. The number of hydrogen-bond donors (Lipinski definition) is 0. The zero-order valence-electron chi connectivity index (χ0n) is 17.6. The van der Waals surface area contributed by atoms with Crippen molar-refractivity contribution in [3.8, 4) is 5.75 Å². The van der Waals surface area contributed by atoms with Gasteiger partial charge in [0.05, 0.1) is 16.8 Å². The minimum atomic E-state index is 0.0607. The highest BCUT2D eigenvalue weighted by molar-refractivity contribution is 7.99. The number of hydrogen-bond acceptors (Lipinski definition) is 6. The summed E-state index contributed by atoms with van der Waals surface area (Å²) in [5.74, 6) is 1.44. The molecule has 0 saturated carbocycles. The van der Waals surface area contributed by atoms with Crippen LogP contribution in [-0.4, -0.2) is 55.8 Å². The Kier molecular flexibility index (Phi) is 7.99. The minimum Gasteiger partial charge on any atom is -0.494 e. The van der Waals surface area contributed by atoms with Gasteiger partial charge < -0.3 is 9.64 Å². The molecule has 0 saturated heterocycles. The van der Waals surface area contributed by atoms with Crippen molar-refractivity contribution in [2.24, 2.45) is 0 Å². The van der Waals surface area contributed by atoms with E-state index in [0.29, 0.717) is 34.4 Å². The third-order valence-corrected chi connectivity index (χ3v) is 7.13. The van der Waals surface area contributed by atoms with Gasteiger partial charge in [0.2, 0.25) is 5.91 Å². The molecule has 0 unspecified atom stereocenters. The zero-order valence-corrected chi connectivity index (χ0v) is 20.0. The van der Waals surface area contributed by atoms with Crippen molar-refractivity contribution >= 4 is 56.0 Å². The number of nitrogens with zero attached hydrogens (tertiary/aromatic N) is 3. The van der Waals surface area contributed by atoms with Gasteiger partial charge in [-0.3, -0.25) is 9.69 Å². The third-order valence-electron chi connectivity index (χ3n) is 4.58. The molecule has 1 aromatic heterocycles. The molecule has 2 aromatic carbocycles. The Morgan fingerprint density at radius 1 is 1.17 bits per heavy atom. The average molecular weight is 464 g/mol. The molecule has 0 fully saturated rings. The fraction of sp³-hybridized carbons (Fsp3) is 0.364. The third kappa shape index (κ3) is 5.66. The van der Waals surface area contributed by atoms with Gasteiger partial charge in [-0.2, -0.15) is 0 Å². The molecule has 0 atom stereocenters. The van der Waals surface area contributed by atoms with Crippen molar-refractivity contribution in [2.45, 2.75) is 18.2 Å². The maximum atomic E-state index is 13.1. The van der Waals surface area contributed by atoms with E-state index in [0.717, 1.165) is 17.0 Å². The second kappa shape index (κ2) is 10.5. The summed E-state index contributed by atoms with van der Waals surface area (Å²) >= 11 is 9.50. The summed E-state index contributed by atoms with van der Waals surface area (Å²) in [7, 11) is 5.60. The molecule has 0 N–H and O–H groups in total. The van der Waals surface area contributed by atoms with E-state index >= 15 is 0 Å². The Bertz CT molecular complexity index is 1010. The number of methoxy groups -OCH3 is 1. The Labute approximate surface area is 191 Å². The Balaban J connectivity index is 1.78. The Hall–Kier alpha value is -1.80. The molecule has 5 nitrogen and oxygen atoms in total. The standard InChI is InChI=1S/C22H26ClN3O2S2/c1-15-5-7-16(8-6-15)29-14-11-19(27)26(13-12-25(2)3)22-24-20-18(28-4)10-9-17(23)21(20)30-22/h5-10H,11-14H2,1-4H3. The van der Waals surface area contributed by atoms with Gasteiger partial charge in [-0.05, 0) is 45.3 Å². The number of halogens is 1. The van der Waals surface area contributed by atoms with E-state index in [9.17, 15) is 4.79 Å². The van der Waals surface area contributed by atoms with Crippen LogP contribution in [0.15, 0.2) is 41.3 Å². The van der Waals surface area contributed by atoms with Crippen LogP contribution in [0.2, 0.25) is 5.02 Å². The number of aryl methyl sites for hydroxylation is 1. The van der Waals surface area contributed by atoms with Gasteiger partial charge in [0.1, 0.15) is 11.3 Å². The lowest BCUT2D eigenvalue weighted by Crippen LogP contribution is -2.36. The normalized spacial score (nSPS) is 11.3. The SMILES string of the molecule is COc1ccc(Cl)c2sc(N(CCN(C)C)C(=O)CCSc3ccc(C)cc3)nc12. The number of likely N-dealkylation sites (N-methyl/N-ethyl adjacent to an activating group) is 1. The van der Waals surface area contributed by atoms with Gasteiger partial charge >= 0.3 is 0 Å². The molecule has 1 heterocycles. The first-order chi connectivity index (χ1) is 14.4. The summed E-state index contributed by atoms with van der Waals surface area (Å²) in [6.07, 6.45) is 0.437. The summed E-state index contributed by atoms with van der Waals surface area (Å²) in [6.45, 7) is 3.39. The highest BCUT2D eigenvalue weighted by atomic mass is 35.5. The summed E-state index contributed by atoms with van der Waals surface area (Å²) in [5.41, 5.74) is 1.93. The van der Waals surface area contributed by atoms with Gasteiger partial charge in [0, 0.05) is 30.2 Å². The molecule has 160 valence electrons. The number of aromatic nitrogens is 1. The largest absolute Gasteiger partial charge is 0.494 e. The number of amides is 1. The minimum absolute atomic E-state index is 0.0607. The smallest absolute Gasteiger partial charge is 0.229 e. The van der Waals surface area contributed by atoms with Crippen molar-refractivity contribution in [1.29, 1.82) is 0 Å². The second-order valence-corrected chi connectivity index (χ2v) is 9.74. The fourth-order valence-electron chi connectivity index (χ4n) is 2.87. The molecule has 0 spiro atoms. The molecule has 30 heavy (non-hydrogen) atoms. The maximum absolute atomic E-state index is 13.1. The van der Waals surface area contributed by atoms with Crippen LogP contribution in [0.1, 0.15) is 12.0 Å². The van der Waals surface area contributed by atoms with E-state index in [-0.39, 0.29) is 5.91 Å². The number of thiazole rings is 1. The highest BCUT2D eigenvalue weighted by Gasteiger charge is 2.22. The number of benzene rings is 2. The lowest BCUT2D eigenvalue weighted by molar-refractivity contribution is -0.118. The van der Waals surface area contributed by atoms with Crippen LogP contribution >= 0.6 is 34.7 Å². The first-order valence-electron chi connectivity index (χ1n) is 9.66. The molecule has 0 aliphatic heterocycles. The summed E-state index contributed by atoms with van der Waals surface area (Å²) in [4.78, 5) is 22.8. The fourth-order valence-corrected chi connectivity index (χ4v) is 5.01. The summed E-state index contributed by atoms with van der Waals surface area (Å²) < 4.78 is 6.26.